The van der Waals surface area contributed by atoms with Crippen molar-refractivity contribution >= 4 is 35.1 Å². The smallest absolute Gasteiger partial charge is 0.343 e. The lowest BCUT2D eigenvalue weighted by Gasteiger charge is -2.10. The van der Waals surface area contributed by atoms with Gasteiger partial charge in [0.2, 0.25) is 0 Å². The van der Waals surface area contributed by atoms with E-state index in [1.807, 2.05) is 0 Å². The second kappa shape index (κ2) is 7.55. The van der Waals surface area contributed by atoms with Crippen LogP contribution < -0.4 is 4.74 Å². The van der Waals surface area contributed by atoms with E-state index in [4.69, 9.17) is 32.7 Å². The lowest BCUT2D eigenvalue weighted by atomic mass is 10.2. The zero-order chi connectivity index (χ0) is 17.9. The fourth-order valence-electron chi connectivity index (χ4n) is 1.79. The predicted molar refractivity (Wildman–Crippen MR) is 90.1 cm³/mol. The third-order valence-corrected chi connectivity index (χ3v) is 3.53. The van der Waals surface area contributed by atoms with Gasteiger partial charge in [-0.15, -0.1) is 0 Å². The van der Waals surface area contributed by atoms with Gasteiger partial charge >= 0.3 is 11.9 Å². The summed E-state index contributed by atoms with van der Waals surface area (Å²) in [4.78, 5) is 24.0. The minimum Gasteiger partial charge on any atom is -0.506 e. The summed E-state index contributed by atoms with van der Waals surface area (Å²) in [6, 6.07) is 8.16. The number of rotatable bonds is 4. The summed E-state index contributed by atoms with van der Waals surface area (Å²) in [5.74, 6) is -1.54. The second-order valence-electron chi connectivity index (χ2n) is 5.15. The number of hydrogen-bond donors (Lipinski definition) is 1. The number of phenolic OH excluding ortho intramolecular Hbond substituents is 1. The Morgan fingerprint density at radius 2 is 1.54 bits per heavy atom. The van der Waals surface area contributed by atoms with Crippen molar-refractivity contribution < 1.29 is 24.2 Å². The van der Waals surface area contributed by atoms with Gasteiger partial charge in [-0.05, 0) is 50.2 Å². The minimum atomic E-state index is -0.752. The van der Waals surface area contributed by atoms with Gasteiger partial charge < -0.3 is 14.6 Å². The van der Waals surface area contributed by atoms with E-state index in [0.29, 0.717) is 0 Å². The molecule has 0 atom stereocenters. The molecule has 0 fully saturated rings. The number of carbonyl (C=O) groups is 2. The first-order valence-corrected chi connectivity index (χ1v) is 7.74. The van der Waals surface area contributed by atoms with Crippen molar-refractivity contribution in [3.63, 3.8) is 0 Å². The summed E-state index contributed by atoms with van der Waals surface area (Å²) in [5.41, 5.74) is 0.290. The molecule has 0 aromatic heterocycles. The number of aromatic hydroxyl groups is 1. The van der Waals surface area contributed by atoms with Crippen LogP contribution in [-0.4, -0.2) is 23.1 Å². The Hall–Kier alpha value is -2.24. The van der Waals surface area contributed by atoms with Crippen molar-refractivity contribution in [2.75, 3.05) is 0 Å². The SMILES string of the molecule is CC(C)OC(=O)c1ccc(Cl)c(OC(=O)c2ccc(Cl)c(O)c2)c1. The van der Waals surface area contributed by atoms with Crippen molar-refractivity contribution in [1.82, 2.24) is 0 Å². The molecule has 24 heavy (non-hydrogen) atoms. The summed E-state index contributed by atoms with van der Waals surface area (Å²) in [6.07, 6.45) is -0.281. The largest absolute Gasteiger partial charge is 0.506 e. The van der Waals surface area contributed by atoms with Gasteiger partial charge in [-0.2, -0.15) is 0 Å². The van der Waals surface area contributed by atoms with Crippen LogP contribution in [0, 0.1) is 0 Å². The Morgan fingerprint density at radius 3 is 2.12 bits per heavy atom. The first-order valence-electron chi connectivity index (χ1n) is 6.99. The highest BCUT2D eigenvalue weighted by atomic mass is 35.5. The van der Waals surface area contributed by atoms with Gasteiger partial charge in [0.1, 0.15) is 5.75 Å². The fraction of sp³-hybridized carbons (Fsp3) is 0.176. The van der Waals surface area contributed by atoms with Gasteiger partial charge in [0, 0.05) is 0 Å². The van der Waals surface area contributed by atoms with Crippen molar-refractivity contribution in [3.8, 4) is 11.5 Å². The number of halogens is 2. The average molecular weight is 369 g/mol. The Morgan fingerprint density at radius 1 is 0.958 bits per heavy atom. The highest BCUT2D eigenvalue weighted by Crippen LogP contribution is 2.28. The molecule has 7 heteroatoms. The molecule has 0 aliphatic carbocycles. The molecule has 0 saturated heterocycles. The minimum absolute atomic E-state index is 0.00862. The number of benzene rings is 2. The molecule has 0 unspecified atom stereocenters. The van der Waals surface area contributed by atoms with Crippen LogP contribution >= 0.6 is 23.2 Å². The third-order valence-electron chi connectivity index (χ3n) is 2.89. The Balaban J connectivity index is 2.23. The molecule has 0 spiro atoms. The number of esters is 2. The Kier molecular flexibility index (Phi) is 5.70. The topological polar surface area (TPSA) is 72.8 Å². The lowest BCUT2D eigenvalue weighted by Crippen LogP contribution is -2.13. The van der Waals surface area contributed by atoms with Gasteiger partial charge in [0.15, 0.2) is 5.75 Å². The number of hydrogen-bond acceptors (Lipinski definition) is 5. The second-order valence-corrected chi connectivity index (χ2v) is 5.97. The van der Waals surface area contributed by atoms with E-state index in [2.05, 4.69) is 0 Å². The maximum Gasteiger partial charge on any atom is 0.343 e. The van der Waals surface area contributed by atoms with Gasteiger partial charge in [-0.1, -0.05) is 23.2 Å². The van der Waals surface area contributed by atoms with E-state index in [9.17, 15) is 14.7 Å². The molecule has 2 aromatic carbocycles. The van der Waals surface area contributed by atoms with E-state index < -0.39 is 11.9 Å². The van der Waals surface area contributed by atoms with Gasteiger partial charge in [0.05, 0.1) is 27.3 Å². The molecule has 126 valence electrons. The van der Waals surface area contributed by atoms with Crippen LogP contribution in [0.2, 0.25) is 10.0 Å². The zero-order valence-corrected chi connectivity index (χ0v) is 14.4. The summed E-state index contributed by atoms with van der Waals surface area (Å²) < 4.78 is 10.3. The molecule has 0 aliphatic rings. The van der Waals surface area contributed by atoms with Crippen molar-refractivity contribution in [2.45, 2.75) is 20.0 Å². The van der Waals surface area contributed by atoms with Crippen LogP contribution in [0.1, 0.15) is 34.6 Å². The lowest BCUT2D eigenvalue weighted by molar-refractivity contribution is 0.0376. The summed E-state index contributed by atoms with van der Waals surface area (Å²) in [7, 11) is 0. The molecule has 2 rings (SSSR count). The number of phenols is 1. The van der Waals surface area contributed by atoms with Crippen LogP contribution in [0.3, 0.4) is 0 Å². The zero-order valence-electron chi connectivity index (χ0n) is 12.9. The molecular weight excluding hydrogens is 355 g/mol. The first-order chi connectivity index (χ1) is 11.3. The van der Waals surface area contributed by atoms with Crippen molar-refractivity contribution in [2.24, 2.45) is 0 Å². The number of ether oxygens (including phenoxy) is 2. The molecule has 5 nitrogen and oxygen atoms in total. The quantitative estimate of drug-likeness (QED) is 0.635. The van der Waals surface area contributed by atoms with Gasteiger partial charge in [0.25, 0.3) is 0 Å². The van der Waals surface area contributed by atoms with Crippen LogP contribution in [0.25, 0.3) is 0 Å². The molecule has 0 heterocycles. The van der Waals surface area contributed by atoms with Crippen molar-refractivity contribution in [3.05, 3.63) is 57.6 Å². The monoisotopic (exact) mass is 368 g/mol. The average Bonchev–Trinajstić information content (AvgIpc) is 2.51. The van der Waals surface area contributed by atoms with Crippen LogP contribution in [0.5, 0.6) is 11.5 Å². The maximum absolute atomic E-state index is 12.1. The molecule has 0 radical (unpaired) electrons. The van der Waals surface area contributed by atoms with E-state index in [1.165, 1.54) is 36.4 Å². The Bertz CT molecular complexity index is 787. The molecule has 0 amide bonds. The number of carbonyl (C=O) groups excluding carboxylic acids is 2. The standard InChI is InChI=1S/C17H14Cl2O5/c1-9(2)23-16(21)11-4-6-13(19)15(8-11)24-17(22)10-3-5-12(18)14(20)7-10/h3-9,20H,1-2H3. The summed E-state index contributed by atoms with van der Waals surface area (Å²) in [6.45, 7) is 3.45. The molecule has 1 N–H and O–H groups in total. The molecule has 0 aliphatic heterocycles. The maximum atomic E-state index is 12.1. The highest BCUT2D eigenvalue weighted by Gasteiger charge is 2.16. The van der Waals surface area contributed by atoms with Gasteiger partial charge in [-0.25, -0.2) is 9.59 Å². The molecule has 2 aromatic rings. The fourth-order valence-corrected chi connectivity index (χ4v) is 2.06. The van der Waals surface area contributed by atoms with Gasteiger partial charge in [-0.3, -0.25) is 0 Å². The van der Waals surface area contributed by atoms with Crippen LogP contribution in [0.15, 0.2) is 36.4 Å². The first kappa shape index (κ1) is 18.1. The molecule has 0 saturated carbocycles. The predicted octanol–water partition coefficient (Wildman–Crippen LogP) is 4.48. The summed E-state index contributed by atoms with van der Waals surface area (Å²) in [5, 5.41) is 9.81. The highest BCUT2D eigenvalue weighted by molar-refractivity contribution is 6.32. The summed E-state index contributed by atoms with van der Waals surface area (Å²) >= 11 is 11.7. The molecule has 0 bridgehead atoms. The van der Waals surface area contributed by atoms with Crippen molar-refractivity contribution in [1.29, 1.82) is 0 Å². The van der Waals surface area contributed by atoms with Crippen LogP contribution in [-0.2, 0) is 4.74 Å². The normalized spacial score (nSPS) is 10.5. The van der Waals surface area contributed by atoms with E-state index in [1.54, 1.807) is 13.8 Å². The van der Waals surface area contributed by atoms with E-state index in [0.717, 1.165) is 0 Å². The Labute approximate surface area is 148 Å². The van der Waals surface area contributed by atoms with Crippen LogP contribution in [0.4, 0.5) is 0 Å². The third kappa shape index (κ3) is 4.40. The van der Waals surface area contributed by atoms with E-state index >= 15 is 0 Å². The van der Waals surface area contributed by atoms with E-state index in [-0.39, 0.29) is 38.8 Å². The molecular formula is C17H14Cl2O5.